The van der Waals surface area contributed by atoms with Crippen LogP contribution >= 0.6 is 0 Å². The first-order chi connectivity index (χ1) is 13.5. The first kappa shape index (κ1) is 24.0. The van der Waals surface area contributed by atoms with E-state index in [-0.39, 0.29) is 26.4 Å². The number of nitrogens with zero attached hydrogens (tertiary/aromatic N) is 1. The van der Waals surface area contributed by atoms with E-state index in [4.69, 9.17) is 13.9 Å². The van der Waals surface area contributed by atoms with Crippen LogP contribution in [0, 0.1) is 6.92 Å². The zero-order chi connectivity index (χ0) is 22.0. The van der Waals surface area contributed by atoms with Crippen LogP contribution in [0.25, 0.3) is 0 Å². The Morgan fingerprint density at radius 3 is 2.34 bits per heavy atom. The van der Waals surface area contributed by atoms with Crippen molar-refractivity contribution in [2.24, 2.45) is 0 Å². The molecule has 1 aliphatic rings. The van der Waals surface area contributed by atoms with Gasteiger partial charge in [0.1, 0.15) is 5.60 Å². The molecule has 8 nitrogen and oxygen atoms in total. The monoisotopic (exact) mass is 428 g/mol. The van der Waals surface area contributed by atoms with Gasteiger partial charge in [0.05, 0.1) is 26.4 Å². The minimum Gasteiger partial charge on any atom is -0.413 e. The zero-order valence-electron chi connectivity index (χ0n) is 18.7. The fourth-order valence-electron chi connectivity index (χ4n) is 4.60. The van der Waals surface area contributed by atoms with Gasteiger partial charge in [-0.3, -0.25) is 14.3 Å². The Labute approximate surface area is 173 Å². The van der Waals surface area contributed by atoms with Gasteiger partial charge in [-0.05, 0) is 23.5 Å². The molecule has 2 rings (SSSR count). The molecule has 0 aromatic carbocycles. The number of aliphatic hydroxyl groups is 1. The number of ether oxygens (including phenoxy) is 2. The van der Waals surface area contributed by atoms with E-state index >= 15 is 0 Å². The summed E-state index contributed by atoms with van der Waals surface area (Å²) in [6.45, 7) is 15.0. The third-order valence-electron chi connectivity index (χ3n) is 6.05. The first-order valence-corrected chi connectivity index (χ1v) is 12.5. The molecule has 1 saturated heterocycles. The van der Waals surface area contributed by atoms with Gasteiger partial charge in [0, 0.05) is 11.8 Å². The normalized spacial score (nSPS) is 23.3. The molecule has 0 bridgehead atoms. The predicted molar refractivity (Wildman–Crippen MR) is 114 cm³/mol. The summed E-state index contributed by atoms with van der Waals surface area (Å²) in [5.74, 6) is 0. The maximum Gasteiger partial charge on any atom is 0.330 e. The number of aliphatic hydroxyl groups excluding tert-OH is 1. The Bertz CT molecular complexity index is 781. The molecule has 1 fully saturated rings. The second-order valence-electron chi connectivity index (χ2n) is 9.01. The minimum atomic E-state index is -2.17. The third-order valence-corrected chi connectivity index (χ3v) is 12.1. The fraction of sp³-hybridized carbons (Fsp3) is 0.800. The molecular weight excluding hydrogens is 392 g/mol. The van der Waals surface area contributed by atoms with E-state index in [9.17, 15) is 14.7 Å². The van der Waals surface area contributed by atoms with Gasteiger partial charge in [0.2, 0.25) is 0 Å². The Morgan fingerprint density at radius 1 is 1.24 bits per heavy atom. The van der Waals surface area contributed by atoms with Crippen LogP contribution in [0.2, 0.25) is 16.6 Å². The van der Waals surface area contributed by atoms with E-state index < -0.39 is 31.4 Å². The molecule has 2 atom stereocenters. The molecule has 166 valence electrons. The van der Waals surface area contributed by atoms with Gasteiger partial charge >= 0.3 is 5.69 Å². The van der Waals surface area contributed by atoms with Gasteiger partial charge in [-0.15, -0.1) is 0 Å². The van der Waals surface area contributed by atoms with Gasteiger partial charge in [0.25, 0.3) is 5.56 Å². The van der Waals surface area contributed by atoms with Gasteiger partial charge < -0.3 is 19.0 Å². The van der Waals surface area contributed by atoms with E-state index in [1.54, 1.807) is 6.92 Å². The van der Waals surface area contributed by atoms with Crippen molar-refractivity contribution in [1.29, 1.82) is 0 Å². The van der Waals surface area contributed by atoms with E-state index in [2.05, 4.69) is 46.5 Å². The average Bonchev–Trinajstić information content (AvgIpc) is 2.64. The number of hydrogen-bond acceptors (Lipinski definition) is 6. The summed E-state index contributed by atoms with van der Waals surface area (Å²) in [6, 6.07) is 0. The molecule has 0 amide bonds. The largest absolute Gasteiger partial charge is 0.413 e. The number of aryl methyl sites for hydroxylation is 1. The summed E-state index contributed by atoms with van der Waals surface area (Å²) in [5, 5.41) is 10.2. The summed E-state index contributed by atoms with van der Waals surface area (Å²) < 4.78 is 19.8. The molecule has 0 radical (unpaired) electrons. The predicted octanol–water partition coefficient (Wildman–Crippen LogP) is 2.31. The molecule has 29 heavy (non-hydrogen) atoms. The highest BCUT2D eigenvalue weighted by atomic mass is 28.4. The maximum atomic E-state index is 12.3. The van der Waals surface area contributed by atoms with Crippen molar-refractivity contribution in [1.82, 2.24) is 9.55 Å². The van der Waals surface area contributed by atoms with Crippen LogP contribution in [0.5, 0.6) is 0 Å². The Balaban J connectivity index is 2.30. The van der Waals surface area contributed by atoms with Gasteiger partial charge in [-0.2, -0.15) is 0 Å². The van der Waals surface area contributed by atoms with Crippen LogP contribution in [0.1, 0.15) is 53.3 Å². The highest BCUT2D eigenvalue weighted by Gasteiger charge is 2.48. The van der Waals surface area contributed by atoms with E-state index in [0.717, 1.165) is 0 Å². The molecule has 2 heterocycles. The van der Waals surface area contributed by atoms with Crippen LogP contribution in [0.4, 0.5) is 0 Å². The summed E-state index contributed by atoms with van der Waals surface area (Å²) >= 11 is 0. The second kappa shape index (κ2) is 9.26. The lowest BCUT2D eigenvalue weighted by Gasteiger charge is -2.46. The lowest BCUT2D eigenvalue weighted by molar-refractivity contribution is -0.247. The van der Waals surface area contributed by atoms with Crippen molar-refractivity contribution in [3.8, 4) is 0 Å². The number of H-pyrrole nitrogens is 1. The smallest absolute Gasteiger partial charge is 0.330 e. The summed E-state index contributed by atoms with van der Waals surface area (Å²) in [5.41, 5.74) is -0.492. The lowest BCUT2D eigenvalue weighted by atomic mass is 10.1. The van der Waals surface area contributed by atoms with Crippen LogP contribution in [0.15, 0.2) is 15.8 Å². The maximum absolute atomic E-state index is 12.3. The summed E-state index contributed by atoms with van der Waals surface area (Å²) in [7, 11) is -2.17. The van der Waals surface area contributed by atoms with Gasteiger partial charge in [-0.1, -0.05) is 41.5 Å². The van der Waals surface area contributed by atoms with E-state index in [0.29, 0.717) is 22.2 Å². The minimum absolute atomic E-state index is 0.147. The number of aromatic nitrogens is 2. The highest BCUT2D eigenvalue weighted by Crippen LogP contribution is 2.43. The second-order valence-corrected chi connectivity index (χ2v) is 14.5. The first-order valence-electron chi connectivity index (χ1n) is 10.3. The average molecular weight is 429 g/mol. The molecule has 0 unspecified atom stereocenters. The van der Waals surface area contributed by atoms with Crippen LogP contribution in [-0.4, -0.2) is 55.0 Å². The Hall–Kier alpha value is -1.26. The Morgan fingerprint density at radius 2 is 1.83 bits per heavy atom. The molecule has 0 aliphatic carbocycles. The van der Waals surface area contributed by atoms with Crippen LogP contribution < -0.4 is 11.2 Å². The van der Waals surface area contributed by atoms with Crippen LogP contribution in [0.3, 0.4) is 0 Å². The molecule has 0 saturated carbocycles. The van der Waals surface area contributed by atoms with Gasteiger partial charge in [-0.25, -0.2) is 4.79 Å². The van der Waals surface area contributed by atoms with Crippen LogP contribution in [-0.2, 0) is 13.9 Å². The lowest BCUT2D eigenvalue weighted by Crippen LogP contribution is -2.57. The molecule has 1 aromatic heterocycles. The van der Waals surface area contributed by atoms with Crippen molar-refractivity contribution in [2.45, 2.75) is 76.9 Å². The molecule has 0 spiro atoms. The summed E-state index contributed by atoms with van der Waals surface area (Å²) in [6.07, 6.45) is 0.703. The van der Waals surface area contributed by atoms with Crippen molar-refractivity contribution < 1.29 is 19.0 Å². The molecule has 2 N–H and O–H groups in total. The topological polar surface area (TPSA) is 103 Å². The molecule has 9 heteroatoms. The molecular formula is C20H36N2O6Si. The highest BCUT2D eigenvalue weighted by molar-refractivity contribution is 6.77. The van der Waals surface area contributed by atoms with E-state index in [1.807, 2.05) is 0 Å². The summed E-state index contributed by atoms with van der Waals surface area (Å²) in [4.78, 5) is 26.2. The van der Waals surface area contributed by atoms with E-state index in [1.165, 1.54) is 10.8 Å². The van der Waals surface area contributed by atoms with Crippen molar-refractivity contribution >= 4 is 8.32 Å². The molecule has 1 aliphatic heterocycles. The fourth-order valence-corrected chi connectivity index (χ4v) is 10.1. The Kier molecular flexibility index (Phi) is 7.67. The van der Waals surface area contributed by atoms with Crippen molar-refractivity contribution in [3.05, 3.63) is 32.6 Å². The quantitative estimate of drug-likeness (QED) is 0.616. The van der Waals surface area contributed by atoms with Crippen molar-refractivity contribution in [2.75, 3.05) is 26.4 Å². The van der Waals surface area contributed by atoms with Crippen molar-refractivity contribution in [3.63, 3.8) is 0 Å². The number of rotatable bonds is 8. The number of aromatic amines is 1. The standard InChI is InChI=1S/C20H36N2O6Si/c1-13(2)29(14(3)4,15(5)6)27-12-20(10-23)11-26-9-17(28-20)22-8-16(7)18(24)21-19(22)25/h8,13-15,17,23H,9-12H2,1-7H3,(H,21,24,25)/t17-,20-/m1/s1. The zero-order valence-corrected chi connectivity index (χ0v) is 19.7. The molecule has 1 aromatic rings. The third kappa shape index (κ3) is 4.74. The SMILES string of the molecule is Cc1cn([C@H]2COC[C@](CO)(CO[Si](C(C)C)(C(C)C)C(C)C)O2)c(=O)[nH]c1=O. The number of nitrogens with one attached hydrogen (secondary N) is 1. The van der Waals surface area contributed by atoms with Gasteiger partial charge in [0.15, 0.2) is 14.5 Å². The number of hydrogen-bond donors (Lipinski definition) is 2.